The Bertz CT molecular complexity index is 431. The van der Waals surface area contributed by atoms with Gasteiger partial charge in [-0.2, -0.15) is 0 Å². The zero-order chi connectivity index (χ0) is 13.9. The number of nitrogens with zero attached hydrogens (tertiary/aromatic N) is 1. The first-order valence-corrected chi connectivity index (χ1v) is 7.69. The molecule has 0 radical (unpaired) electrons. The van der Waals surface area contributed by atoms with Gasteiger partial charge in [0.25, 0.3) is 0 Å². The molecule has 0 bridgehead atoms. The molecule has 1 aromatic heterocycles. The van der Waals surface area contributed by atoms with Crippen molar-refractivity contribution in [2.75, 3.05) is 17.6 Å². The minimum atomic E-state index is -0.618. The Morgan fingerprint density at radius 1 is 1.53 bits per heavy atom. The highest BCUT2D eigenvalue weighted by Gasteiger charge is 2.32. The van der Waals surface area contributed by atoms with Gasteiger partial charge < -0.3 is 16.2 Å². The van der Waals surface area contributed by atoms with Gasteiger partial charge in [0.05, 0.1) is 11.3 Å². The second-order valence-electron chi connectivity index (χ2n) is 5.52. The van der Waals surface area contributed by atoms with Gasteiger partial charge in [-0.05, 0) is 53.6 Å². The summed E-state index contributed by atoms with van der Waals surface area (Å²) in [5, 5.41) is 13.7. The quantitative estimate of drug-likeness (QED) is 0.794. The van der Waals surface area contributed by atoms with Gasteiger partial charge in [-0.1, -0.05) is 13.3 Å². The van der Waals surface area contributed by atoms with Gasteiger partial charge in [0.2, 0.25) is 0 Å². The molecule has 4 N–H and O–H groups in total. The molecule has 4 nitrogen and oxygen atoms in total. The maximum absolute atomic E-state index is 10.6. The van der Waals surface area contributed by atoms with E-state index in [2.05, 4.69) is 33.2 Å². The van der Waals surface area contributed by atoms with Crippen molar-refractivity contribution in [3.8, 4) is 0 Å². The highest BCUT2D eigenvalue weighted by Crippen LogP contribution is 2.34. The van der Waals surface area contributed by atoms with Crippen LogP contribution in [0.4, 0.5) is 11.5 Å². The van der Waals surface area contributed by atoms with Crippen LogP contribution in [0, 0.1) is 5.92 Å². The molecule has 1 saturated carbocycles. The minimum absolute atomic E-state index is 0.516. The first kappa shape index (κ1) is 14.6. The Balaban J connectivity index is 1.91. The monoisotopic (exact) mass is 327 g/mol. The number of anilines is 2. The molecule has 5 heteroatoms. The zero-order valence-electron chi connectivity index (χ0n) is 11.3. The summed E-state index contributed by atoms with van der Waals surface area (Å²) in [6.45, 7) is 2.74. The molecule has 0 aliphatic heterocycles. The Kier molecular flexibility index (Phi) is 4.68. The first-order valence-electron chi connectivity index (χ1n) is 6.90. The van der Waals surface area contributed by atoms with Gasteiger partial charge in [-0.3, -0.25) is 0 Å². The molecule has 1 aliphatic rings. The number of halogens is 1. The average molecular weight is 328 g/mol. The smallest absolute Gasteiger partial charge is 0.149 e. The van der Waals surface area contributed by atoms with Crippen molar-refractivity contribution in [3.63, 3.8) is 0 Å². The standard InChI is InChI=1S/C14H22BrN3O/c1-2-10-3-5-14(19,6-4-10)9-18-13-12(16)7-11(15)8-17-13/h7-8,10,19H,2-6,9,16H2,1H3,(H,17,18). The summed E-state index contributed by atoms with van der Waals surface area (Å²) in [7, 11) is 0. The molecular weight excluding hydrogens is 306 g/mol. The van der Waals surface area contributed by atoms with Gasteiger partial charge in [-0.15, -0.1) is 0 Å². The molecule has 0 unspecified atom stereocenters. The lowest BCUT2D eigenvalue weighted by atomic mass is 9.78. The van der Waals surface area contributed by atoms with Crippen LogP contribution < -0.4 is 11.1 Å². The number of rotatable bonds is 4. The third kappa shape index (κ3) is 3.83. The molecule has 2 rings (SSSR count). The molecule has 0 saturated heterocycles. The second-order valence-corrected chi connectivity index (χ2v) is 6.44. The van der Waals surface area contributed by atoms with Crippen molar-refractivity contribution in [1.29, 1.82) is 0 Å². The van der Waals surface area contributed by atoms with Gasteiger partial charge >= 0.3 is 0 Å². The van der Waals surface area contributed by atoms with E-state index >= 15 is 0 Å². The van der Waals surface area contributed by atoms with Crippen LogP contribution in [0.25, 0.3) is 0 Å². The van der Waals surface area contributed by atoms with Crippen LogP contribution in [0.15, 0.2) is 16.7 Å². The van der Waals surface area contributed by atoms with Crippen molar-refractivity contribution in [3.05, 3.63) is 16.7 Å². The van der Waals surface area contributed by atoms with Crippen LogP contribution >= 0.6 is 15.9 Å². The van der Waals surface area contributed by atoms with Crippen LogP contribution in [0.2, 0.25) is 0 Å². The molecule has 1 heterocycles. The maximum atomic E-state index is 10.6. The molecule has 1 fully saturated rings. The summed E-state index contributed by atoms with van der Waals surface area (Å²) in [5.74, 6) is 1.42. The highest BCUT2D eigenvalue weighted by atomic mass is 79.9. The van der Waals surface area contributed by atoms with Crippen LogP contribution in [0.5, 0.6) is 0 Å². The van der Waals surface area contributed by atoms with E-state index in [1.807, 2.05) is 6.07 Å². The van der Waals surface area contributed by atoms with E-state index in [1.165, 1.54) is 6.42 Å². The molecule has 0 spiro atoms. The van der Waals surface area contributed by atoms with E-state index in [0.717, 1.165) is 36.1 Å². The van der Waals surface area contributed by atoms with Crippen LogP contribution in [-0.2, 0) is 0 Å². The molecule has 19 heavy (non-hydrogen) atoms. The fraction of sp³-hybridized carbons (Fsp3) is 0.643. The van der Waals surface area contributed by atoms with Gasteiger partial charge in [0.15, 0.2) is 0 Å². The topological polar surface area (TPSA) is 71.2 Å². The fourth-order valence-corrected chi connectivity index (χ4v) is 3.00. The molecule has 0 atom stereocenters. The number of nitrogens with two attached hydrogens (primary N) is 1. The summed E-state index contributed by atoms with van der Waals surface area (Å²) in [6, 6.07) is 1.81. The minimum Gasteiger partial charge on any atom is -0.396 e. The fourth-order valence-electron chi connectivity index (χ4n) is 2.65. The molecule has 0 aromatic carbocycles. The predicted molar refractivity (Wildman–Crippen MR) is 82.0 cm³/mol. The lowest BCUT2D eigenvalue weighted by Gasteiger charge is -2.36. The number of hydrogen-bond donors (Lipinski definition) is 3. The van der Waals surface area contributed by atoms with Gasteiger partial charge in [-0.25, -0.2) is 4.98 Å². The summed E-state index contributed by atoms with van der Waals surface area (Å²) in [6.07, 6.45) is 6.85. The van der Waals surface area contributed by atoms with Crippen molar-refractivity contribution in [1.82, 2.24) is 4.98 Å². The Labute approximate surface area is 122 Å². The lowest BCUT2D eigenvalue weighted by molar-refractivity contribution is 0.00224. The van der Waals surface area contributed by atoms with E-state index in [-0.39, 0.29) is 0 Å². The zero-order valence-corrected chi connectivity index (χ0v) is 12.9. The van der Waals surface area contributed by atoms with Crippen LogP contribution in [0.1, 0.15) is 39.0 Å². The molecule has 1 aliphatic carbocycles. The number of nitrogen functional groups attached to an aromatic ring is 1. The molecule has 0 amide bonds. The summed E-state index contributed by atoms with van der Waals surface area (Å²) < 4.78 is 0.859. The average Bonchev–Trinajstić information content (AvgIpc) is 2.39. The maximum Gasteiger partial charge on any atom is 0.149 e. The van der Waals surface area contributed by atoms with Crippen molar-refractivity contribution in [2.45, 2.75) is 44.6 Å². The SMILES string of the molecule is CCC1CCC(O)(CNc2ncc(Br)cc2N)CC1. The number of hydrogen-bond acceptors (Lipinski definition) is 4. The number of nitrogens with one attached hydrogen (secondary N) is 1. The largest absolute Gasteiger partial charge is 0.396 e. The Morgan fingerprint density at radius 3 is 2.79 bits per heavy atom. The third-order valence-electron chi connectivity index (χ3n) is 4.08. The number of pyridine rings is 1. The highest BCUT2D eigenvalue weighted by molar-refractivity contribution is 9.10. The molecule has 1 aromatic rings. The molecular formula is C14H22BrN3O. The lowest BCUT2D eigenvalue weighted by Crippen LogP contribution is -2.40. The Morgan fingerprint density at radius 2 is 2.21 bits per heavy atom. The van der Waals surface area contributed by atoms with Gasteiger partial charge in [0.1, 0.15) is 5.82 Å². The van der Waals surface area contributed by atoms with Crippen molar-refractivity contribution >= 4 is 27.4 Å². The van der Waals surface area contributed by atoms with E-state index in [9.17, 15) is 5.11 Å². The van der Waals surface area contributed by atoms with E-state index in [4.69, 9.17) is 5.73 Å². The molecule has 106 valence electrons. The van der Waals surface area contributed by atoms with Crippen LogP contribution in [0.3, 0.4) is 0 Å². The number of aliphatic hydroxyl groups is 1. The van der Waals surface area contributed by atoms with E-state index in [1.54, 1.807) is 6.20 Å². The Hall–Kier alpha value is -0.810. The van der Waals surface area contributed by atoms with Crippen LogP contribution in [-0.4, -0.2) is 22.2 Å². The summed E-state index contributed by atoms with van der Waals surface area (Å²) in [4.78, 5) is 4.23. The van der Waals surface area contributed by atoms with Gasteiger partial charge in [0, 0.05) is 17.2 Å². The normalized spacial score (nSPS) is 27.2. The third-order valence-corrected chi connectivity index (χ3v) is 4.52. The summed E-state index contributed by atoms with van der Waals surface area (Å²) in [5.41, 5.74) is 5.87. The van der Waals surface area contributed by atoms with Crippen molar-refractivity contribution < 1.29 is 5.11 Å². The van der Waals surface area contributed by atoms with Crippen molar-refractivity contribution in [2.24, 2.45) is 5.92 Å². The van der Waals surface area contributed by atoms with E-state index in [0.29, 0.717) is 18.1 Å². The predicted octanol–water partition coefficient (Wildman–Crippen LogP) is 3.17. The second kappa shape index (κ2) is 6.09. The number of aromatic nitrogens is 1. The van der Waals surface area contributed by atoms with E-state index < -0.39 is 5.60 Å². The first-order chi connectivity index (χ1) is 9.02. The summed E-state index contributed by atoms with van der Waals surface area (Å²) >= 11 is 3.33.